The highest BCUT2D eigenvalue weighted by Crippen LogP contribution is 2.07. The predicted octanol–water partition coefficient (Wildman–Crippen LogP) is 1.22. The molecule has 1 atom stereocenters. The molecule has 0 saturated carbocycles. The average Bonchev–Trinajstić information content (AvgIpc) is 2.26. The summed E-state index contributed by atoms with van der Waals surface area (Å²) in [4.78, 5) is 16.2. The third-order valence-corrected chi connectivity index (χ3v) is 2.81. The molecule has 0 radical (unpaired) electrons. The van der Waals surface area contributed by atoms with Crippen LogP contribution in [0.25, 0.3) is 0 Å². The topological polar surface area (TPSA) is 72.9 Å². The van der Waals surface area contributed by atoms with Crippen LogP contribution in [0.3, 0.4) is 0 Å². The van der Waals surface area contributed by atoms with Gasteiger partial charge in [-0.3, -0.25) is 4.79 Å². The molecule has 0 amide bonds. The highest BCUT2D eigenvalue weighted by Gasteiger charge is 2.14. The normalized spacial score (nSPS) is 13.1. The molecule has 17 heavy (non-hydrogen) atoms. The monoisotopic (exact) mass is 238 g/mol. The second kappa shape index (κ2) is 5.82. The molecule has 0 fully saturated rings. The van der Waals surface area contributed by atoms with E-state index in [1.807, 2.05) is 13.8 Å². The van der Waals surface area contributed by atoms with Gasteiger partial charge in [-0.25, -0.2) is 4.98 Å². The van der Waals surface area contributed by atoms with Crippen molar-refractivity contribution in [2.75, 3.05) is 11.9 Å². The van der Waals surface area contributed by atoms with Gasteiger partial charge in [-0.1, -0.05) is 13.8 Å². The highest BCUT2D eigenvalue weighted by atomic mass is 16.1. The van der Waals surface area contributed by atoms with Crippen LogP contribution < -0.4 is 16.6 Å². The van der Waals surface area contributed by atoms with Crippen molar-refractivity contribution in [1.82, 2.24) is 9.55 Å². The number of aromatic nitrogens is 2. The van der Waals surface area contributed by atoms with Crippen LogP contribution in [0.2, 0.25) is 0 Å². The summed E-state index contributed by atoms with van der Waals surface area (Å²) >= 11 is 0. The maximum atomic E-state index is 12.1. The molecule has 96 valence electrons. The lowest BCUT2D eigenvalue weighted by Crippen LogP contribution is -2.37. The summed E-state index contributed by atoms with van der Waals surface area (Å²) in [7, 11) is 0. The zero-order valence-corrected chi connectivity index (χ0v) is 11.0. The van der Waals surface area contributed by atoms with Gasteiger partial charge in [0.1, 0.15) is 0 Å². The first-order chi connectivity index (χ1) is 7.97. The lowest BCUT2D eigenvalue weighted by Gasteiger charge is -2.21. The van der Waals surface area contributed by atoms with E-state index in [2.05, 4.69) is 24.1 Å². The van der Waals surface area contributed by atoms with Crippen molar-refractivity contribution in [3.63, 3.8) is 0 Å². The highest BCUT2D eigenvalue weighted by molar-refractivity contribution is 5.32. The molecule has 5 heteroatoms. The van der Waals surface area contributed by atoms with Crippen molar-refractivity contribution < 1.29 is 0 Å². The molecule has 3 N–H and O–H groups in total. The minimum atomic E-state index is -0.0957. The quantitative estimate of drug-likeness (QED) is 0.809. The van der Waals surface area contributed by atoms with Gasteiger partial charge in [0, 0.05) is 31.0 Å². The number of hydrogen-bond donors (Lipinski definition) is 2. The van der Waals surface area contributed by atoms with Crippen LogP contribution in [-0.2, 0) is 0 Å². The van der Waals surface area contributed by atoms with E-state index in [0.717, 1.165) is 0 Å². The van der Waals surface area contributed by atoms with Crippen molar-refractivity contribution in [2.45, 2.75) is 39.8 Å². The summed E-state index contributed by atoms with van der Waals surface area (Å²) in [5, 5.41) is 3.12. The Balaban J connectivity index is 2.99. The molecule has 0 bridgehead atoms. The Bertz CT molecular complexity index is 411. The molecule has 1 heterocycles. The number of nitrogens with one attached hydrogen (secondary N) is 1. The van der Waals surface area contributed by atoms with E-state index in [4.69, 9.17) is 5.73 Å². The smallest absolute Gasteiger partial charge is 0.293 e. The minimum absolute atomic E-state index is 0.0678. The largest absolute Gasteiger partial charge is 0.361 e. The van der Waals surface area contributed by atoms with Gasteiger partial charge in [0.25, 0.3) is 5.56 Å². The van der Waals surface area contributed by atoms with E-state index in [-0.39, 0.29) is 17.6 Å². The van der Waals surface area contributed by atoms with Crippen molar-refractivity contribution in [3.05, 3.63) is 22.7 Å². The Morgan fingerprint density at radius 3 is 2.53 bits per heavy atom. The fourth-order valence-electron chi connectivity index (χ4n) is 1.60. The number of nitrogens with two attached hydrogens (primary N) is 1. The Labute approximate surface area is 102 Å². The Hall–Kier alpha value is -1.36. The second-order valence-electron chi connectivity index (χ2n) is 4.81. The fraction of sp³-hybridized carbons (Fsp3) is 0.667. The Morgan fingerprint density at radius 2 is 2.06 bits per heavy atom. The van der Waals surface area contributed by atoms with Crippen LogP contribution in [0.5, 0.6) is 0 Å². The fourth-order valence-corrected chi connectivity index (χ4v) is 1.60. The maximum Gasteiger partial charge on any atom is 0.293 e. The van der Waals surface area contributed by atoms with E-state index in [1.54, 1.807) is 17.0 Å². The Morgan fingerprint density at radius 1 is 1.41 bits per heavy atom. The zero-order chi connectivity index (χ0) is 13.0. The first kappa shape index (κ1) is 13.7. The van der Waals surface area contributed by atoms with Crippen molar-refractivity contribution in [2.24, 2.45) is 11.7 Å². The van der Waals surface area contributed by atoms with Crippen molar-refractivity contribution in [1.29, 1.82) is 0 Å². The third-order valence-electron chi connectivity index (χ3n) is 2.81. The number of hydrogen-bond acceptors (Lipinski definition) is 4. The molecule has 0 aliphatic heterocycles. The molecule has 0 aromatic carbocycles. The molecule has 1 aromatic rings. The van der Waals surface area contributed by atoms with Gasteiger partial charge >= 0.3 is 0 Å². The van der Waals surface area contributed by atoms with E-state index in [9.17, 15) is 4.79 Å². The summed E-state index contributed by atoms with van der Waals surface area (Å²) in [6.45, 7) is 8.54. The van der Waals surface area contributed by atoms with E-state index in [0.29, 0.717) is 18.3 Å². The standard InChI is InChI=1S/C12H22N4O/c1-8(2)10(7-13)15-11-12(17)16(9(3)4)6-5-14-11/h5-6,8-10H,7,13H2,1-4H3,(H,14,15). The molecular formula is C12H22N4O. The molecule has 1 aromatic heterocycles. The molecule has 1 rings (SSSR count). The van der Waals surface area contributed by atoms with Crippen LogP contribution >= 0.6 is 0 Å². The van der Waals surface area contributed by atoms with Crippen LogP contribution in [0.1, 0.15) is 33.7 Å². The third kappa shape index (κ3) is 3.30. The Kier molecular flexibility index (Phi) is 4.69. The lowest BCUT2D eigenvalue weighted by atomic mass is 10.1. The van der Waals surface area contributed by atoms with Gasteiger partial charge < -0.3 is 15.6 Å². The van der Waals surface area contributed by atoms with Gasteiger partial charge in [-0.2, -0.15) is 0 Å². The molecule has 0 saturated heterocycles. The van der Waals surface area contributed by atoms with Gasteiger partial charge in [-0.15, -0.1) is 0 Å². The summed E-state index contributed by atoms with van der Waals surface area (Å²) in [6, 6.07) is 0.194. The average molecular weight is 238 g/mol. The molecule has 5 nitrogen and oxygen atoms in total. The summed E-state index contributed by atoms with van der Waals surface area (Å²) in [5.41, 5.74) is 5.57. The van der Waals surface area contributed by atoms with E-state index < -0.39 is 0 Å². The van der Waals surface area contributed by atoms with Crippen LogP contribution in [0, 0.1) is 5.92 Å². The molecule has 1 unspecified atom stereocenters. The molecule has 0 spiro atoms. The van der Waals surface area contributed by atoms with Gasteiger partial charge in [0.05, 0.1) is 0 Å². The molecule has 0 aliphatic rings. The maximum absolute atomic E-state index is 12.1. The summed E-state index contributed by atoms with van der Waals surface area (Å²) in [5.74, 6) is 0.735. The second-order valence-corrected chi connectivity index (χ2v) is 4.81. The summed E-state index contributed by atoms with van der Waals surface area (Å²) < 4.78 is 1.66. The van der Waals surface area contributed by atoms with Crippen LogP contribution in [-0.4, -0.2) is 22.1 Å². The van der Waals surface area contributed by atoms with Crippen molar-refractivity contribution in [3.8, 4) is 0 Å². The van der Waals surface area contributed by atoms with Gasteiger partial charge in [0.15, 0.2) is 5.82 Å². The first-order valence-corrected chi connectivity index (χ1v) is 6.01. The van der Waals surface area contributed by atoms with E-state index >= 15 is 0 Å². The van der Waals surface area contributed by atoms with Crippen LogP contribution in [0.4, 0.5) is 5.82 Å². The zero-order valence-electron chi connectivity index (χ0n) is 11.0. The molecular weight excluding hydrogens is 216 g/mol. The lowest BCUT2D eigenvalue weighted by molar-refractivity contribution is 0.524. The van der Waals surface area contributed by atoms with Crippen molar-refractivity contribution >= 4 is 5.82 Å². The number of nitrogens with zero attached hydrogens (tertiary/aromatic N) is 2. The predicted molar refractivity (Wildman–Crippen MR) is 70.2 cm³/mol. The van der Waals surface area contributed by atoms with E-state index in [1.165, 1.54) is 0 Å². The van der Waals surface area contributed by atoms with Gasteiger partial charge in [0.2, 0.25) is 0 Å². The minimum Gasteiger partial charge on any atom is -0.361 e. The summed E-state index contributed by atoms with van der Waals surface area (Å²) in [6.07, 6.45) is 3.34. The first-order valence-electron chi connectivity index (χ1n) is 6.01. The number of anilines is 1. The number of rotatable bonds is 5. The SMILES string of the molecule is CC(C)C(CN)Nc1nccn(C(C)C)c1=O. The molecule has 0 aliphatic carbocycles. The van der Waals surface area contributed by atoms with Gasteiger partial charge in [-0.05, 0) is 19.8 Å². The van der Waals surface area contributed by atoms with Crippen LogP contribution in [0.15, 0.2) is 17.2 Å².